The van der Waals surface area contributed by atoms with E-state index in [0.717, 1.165) is 57.2 Å². The van der Waals surface area contributed by atoms with Gasteiger partial charge in [-0.3, -0.25) is 4.99 Å². The number of aliphatic hydroxyl groups is 1. The minimum atomic E-state index is -0.185. The molecule has 138 valence electrons. The Labute approximate surface area is 160 Å². The van der Waals surface area contributed by atoms with E-state index in [2.05, 4.69) is 36.9 Å². The zero-order valence-corrected chi connectivity index (χ0v) is 16.8. The van der Waals surface area contributed by atoms with Crippen molar-refractivity contribution in [3.8, 4) is 0 Å². The zero-order valence-electron chi connectivity index (χ0n) is 14.5. The summed E-state index contributed by atoms with van der Waals surface area (Å²) in [6, 6.07) is 0. The molecule has 9 heteroatoms. The van der Waals surface area contributed by atoms with Gasteiger partial charge < -0.3 is 24.6 Å². The van der Waals surface area contributed by atoms with Gasteiger partial charge in [0.25, 0.3) is 0 Å². The lowest BCUT2D eigenvalue weighted by Gasteiger charge is -2.32. The molecule has 0 bridgehead atoms. The van der Waals surface area contributed by atoms with Gasteiger partial charge in [0.15, 0.2) is 5.96 Å². The summed E-state index contributed by atoms with van der Waals surface area (Å²) in [6.07, 6.45) is 4.03. The first-order chi connectivity index (χ1) is 11.2. The average molecular weight is 452 g/mol. The van der Waals surface area contributed by atoms with E-state index >= 15 is 0 Å². The van der Waals surface area contributed by atoms with Gasteiger partial charge in [-0.1, -0.05) is 6.92 Å². The van der Waals surface area contributed by atoms with Crippen LogP contribution in [0.5, 0.6) is 0 Å². The van der Waals surface area contributed by atoms with Crippen LogP contribution in [0.3, 0.4) is 0 Å². The number of rotatable bonds is 7. The lowest BCUT2D eigenvalue weighted by atomic mass is 10.1. The number of methoxy groups -OCH3 is 1. The number of aliphatic imine (C=N–C) groups is 1. The van der Waals surface area contributed by atoms with Crippen LogP contribution in [0.2, 0.25) is 0 Å². The second-order valence-electron chi connectivity index (χ2n) is 5.64. The number of likely N-dealkylation sites (tertiary alicyclic amines) is 1. The second-order valence-corrected chi connectivity index (χ2v) is 5.64. The highest BCUT2D eigenvalue weighted by atomic mass is 127. The number of hydrogen-bond donors (Lipinski definition) is 2. The first kappa shape index (κ1) is 21.1. The summed E-state index contributed by atoms with van der Waals surface area (Å²) >= 11 is 0. The molecule has 0 unspecified atom stereocenters. The maximum Gasteiger partial charge on any atom is 0.194 e. The monoisotopic (exact) mass is 452 g/mol. The van der Waals surface area contributed by atoms with E-state index in [1.54, 1.807) is 13.4 Å². The third-order valence-corrected chi connectivity index (χ3v) is 3.97. The molecule has 8 nitrogen and oxygen atoms in total. The number of aliphatic hydroxyl groups excluding tert-OH is 1. The molecular weight excluding hydrogens is 423 g/mol. The van der Waals surface area contributed by atoms with Crippen LogP contribution in [0.25, 0.3) is 0 Å². The molecule has 2 N–H and O–H groups in total. The number of piperidine rings is 1. The molecule has 1 aliphatic heterocycles. The highest BCUT2D eigenvalue weighted by Crippen LogP contribution is 2.10. The van der Waals surface area contributed by atoms with Gasteiger partial charge in [-0.2, -0.15) is 0 Å². The topological polar surface area (TPSA) is 87.8 Å². The zero-order chi connectivity index (χ0) is 16.5. The Balaban J connectivity index is 0.00000288. The quantitative estimate of drug-likeness (QED) is 0.271. The van der Waals surface area contributed by atoms with Crippen molar-refractivity contribution in [2.24, 2.45) is 4.99 Å². The molecule has 0 aliphatic carbocycles. The molecule has 0 amide bonds. The van der Waals surface area contributed by atoms with Gasteiger partial charge >= 0.3 is 0 Å². The van der Waals surface area contributed by atoms with Crippen LogP contribution >= 0.6 is 24.0 Å². The second kappa shape index (κ2) is 11.6. The van der Waals surface area contributed by atoms with Crippen molar-refractivity contribution in [3.63, 3.8) is 0 Å². The number of nitrogens with zero attached hydrogens (tertiary/aromatic N) is 5. The van der Waals surface area contributed by atoms with Crippen LogP contribution in [0.15, 0.2) is 11.3 Å². The fraction of sp³-hybridized carbons (Fsp3) is 0.800. The fourth-order valence-electron chi connectivity index (χ4n) is 2.62. The van der Waals surface area contributed by atoms with E-state index in [-0.39, 0.29) is 30.1 Å². The Morgan fingerprint density at radius 3 is 2.88 bits per heavy atom. The number of nitrogens with one attached hydrogen (secondary N) is 1. The third-order valence-electron chi connectivity index (χ3n) is 3.97. The normalized spacial score (nSPS) is 16.1. The van der Waals surface area contributed by atoms with Gasteiger partial charge in [0.2, 0.25) is 0 Å². The standard InChI is InChI=1S/C15H28N6O2.HI/c1-3-14-19-18-12-21(14)10-6-16-15(17-7-11-23-2)20-8-4-13(22)5-9-20;/h12-13,22H,3-11H2,1-2H3,(H,16,17);1H. The number of ether oxygens (including phenoxy) is 1. The lowest BCUT2D eigenvalue weighted by Crippen LogP contribution is -2.47. The van der Waals surface area contributed by atoms with Crippen LogP contribution in [-0.4, -0.2) is 76.7 Å². The molecule has 2 heterocycles. The van der Waals surface area contributed by atoms with Gasteiger partial charge in [-0.25, -0.2) is 0 Å². The number of aromatic nitrogens is 3. The molecule has 1 aliphatic rings. The summed E-state index contributed by atoms with van der Waals surface area (Å²) in [4.78, 5) is 6.81. The SMILES string of the molecule is CCc1nncn1CCNC(=NCCOC)N1CCC(O)CC1.I. The maximum absolute atomic E-state index is 9.66. The van der Waals surface area contributed by atoms with Gasteiger partial charge in [-0.05, 0) is 12.8 Å². The Hall–Kier alpha value is -0.940. The van der Waals surface area contributed by atoms with Crippen molar-refractivity contribution in [1.82, 2.24) is 25.0 Å². The Bertz CT molecular complexity index is 488. The summed E-state index contributed by atoms with van der Waals surface area (Å²) in [7, 11) is 1.68. The van der Waals surface area contributed by atoms with Gasteiger partial charge in [0.05, 0.1) is 19.3 Å². The van der Waals surface area contributed by atoms with Crippen LogP contribution in [0, 0.1) is 0 Å². The lowest BCUT2D eigenvalue weighted by molar-refractivity contribution is 0.107. The first-order valence-corrected chi connectivity index (χ1v) is 8.31. The summed E-state index contributed by atoms with van der Waals surface area (Å²) in [5, 5.41) is 21.1. The maximum atomic E-state index is 9.66. The predicted octanol–water partition coefficient (Wildman–Crippen LogP) is 0.507. The number of guanidine groups is 1. The molecule has 1 aromatic rings. The molecule has 1 aromatic heterocycles. The summed E-state index contributed by atoms with van der Waals surface area (Å²) in [5.41, 5.74) is 0. The van der Waals surface area contributed by atoms with Crippen molar-refractivity contribution in [2.45, 2.75) is 38.8 Å². The van der Waals surface area contributed by atoms with E-state index in [0.29, 0.717) is 13.2 Å². The van der Waals surface area contributed by atoms with Crippen LogP contribution in [0.1, 0.15) is 25.6 Å². The van der Waals surface area contributed by atoms with Gasteiger partial charge in [0.1, 0.15) is 12.2 Å². The van der Waals surface area contributed by atoms with E-state index < -0.39 is 0 Å². The Kier molecular flexibility index (Phi) is 10.2. The van der Waals surface area contributed by atoms with Crippen molar-refractivity contribution in [1.29, 1.82) is 0 Å². The summed E-state index contributed by atoms with van der Waals surface area (Å²) in [5.74, 6) is 1.88. The van der Waals surface area contributed by atoms with Crippen molar-refractivity contribution in [3.05, 3.63) is 12.2 Å². The van der Waals surface area contributed by atoms with Crippen LogP contribution in [-0.2, 0) is 17.7 Å². The smallest absolute Gasteiger partial charge is 0.194 e. The highest BCUT2D eigenvalue weighted by Gasteiger charge is 2.19. The fourth-order valence-corrected chi connectivity index (χ4v) is 2.62. The number of aryl methyl sites for hydroxylation is 1. The molecule has 0 spiro atoms. The van der Waals surface area contributed by atoms with E-state index in [1.807, 2.05) is 0 Å². The van der Waals surface area contributed by atoms with Crippen LogP contribution in [0.4, 0.5) is 0 Å². The van der Waals surface area contributed by atoms with Crippen LogP contribution < -0.4 is 5.32 Å². The van der Waals surface area contributed by atoms with E-state index in [1.165, 1.54) is 0 Å². The van der Waals surface area contributed by atoms with Gasteiger partial charge in [0, 0.05) is 39.7 Å². The first-order valence-electron chi connectivity index (χ1n) is 8.31. The van der Waals surface area contributed by atoms with E-state index in [9.17, 15) is 5.11 Å². The minimum absolute atomic E-state index is 0. The third kappa shape index (κ3) is 6.52. The molecule has 0 atom stereocenters. The average Bonchev–Trinajstić information content (AvgIpc) is 3.02. The van der Waals surface area contributed by atoms with Crippen molar-refractivity contribution in [2.75, 3.05) is 39.9 Å². The molecule has 0 saturated carbocycles. The molecule has 0 radical (unpaired) electrons. The molecule has 1 fully saturated rings. The molecule has 24 heavy (non-hydrogen) atoms. The summed E-state index contributed by atoms with van der Waals surface area (Å²) in [6.45, 7) is 6.52. The number of halogens is 1. The predicted molar refractivity (Wildman–Crippen MR) is 104 cm³/mol. The van der Waals surface area contributed by atoms with E-state index in [4.69, 9.17) is 4.74 Å². The Morgan fingerprint density at radius 1 is 1.46 bits per heavy atom. The molecule has 2 rings (SSSR count). The van der Waals surface area contributed by atoms with Crippen molar-refractivity contribution < 1.29 is 9.84 Å². The summed E-state index contributed by atoms with van der Waals surface area (Å²) < 4.78 is 7.13. The minimum Gasteiger partial charge on any atom is -0.393 e. The molecular formula is C15H29IN6O2. The largest absolute Gasteiger partial charge is 0.393 e. The van der Waals surface area contributed by atoms with Gasteiger partial charge in [-0.15, -0.1) is 34.2 Å². The highest BCUT2D eigenvalue weighted by molar-refractivity contribution is 14.0. The molecule has 0 aromatic carbocycles. The number of hydrogen-bond acceptors (Lipinski definition) is 5. The van der Waals surface area contributed by atoms with Crippen molar-refractivity contribution >= 4 is 29.9 Å². The molecule has 1 saturated heterocycles. The Morgan fingerprint density at radius 2 is 2.21 bits per heavy atom.